The van der Waals surface area contributed by atoms with Gasteiger partial charge in [-0.05, 0) is 13.3 Å². The van der Waals surface area contributed by atoms with Crippen LogP contribution in [0.1, 0.15) is 26.7 Å². The van der Waals surface area contributed by atoms with Gasteiger partial charge in [-0.3, -0.25) is 4.79 Å². The minimum atomic E-state index is 0. The van der Waals surface area contributed by atoms with Crippen molar-refractivity contribution in [2.75, 3.05) is 19.6 Å². The molecule has 1 aliphatic heterocycles. The van der Waals surface area contributed by atoms with Crippen LogP contribution in [0, 0.1) is 0 Å². The van der Waals surface area contributed by atoms with Crippen LogP contribution in [-0.2, 0) is 4.79 Å². The molecule has 1 rings (SSSR count). The summed E-state index contributed by atoms with van der Waals surface area (Å²) in [5.41, 5.74) is 0. The van der Waals surface area contributed by atoms with Crippen LogP contribution < -0.4 is 5.32 Å². The summed E-state index contributed by atoms with van der Waals surface area (Å²) in [6.45, 7) is 6.90. The summed E-state index contributed by atoms with van der Waals surface area (Å²) >= 11 is 0. The number of piperazine rings is 1. The maximum Gasteiger partial charge on any atom is 0.222 e. The Morgan fingerprint density at radius 1 is 1.62 bits per heavy atom. The van der Waals surface area contributed by atoms with Crippen LogP contribution in [0.3, 0.4) is 0 Å². The molecule has 0 aromatic rings. The van der Waals surface area contributed by atoms with Gasteiger partial charge < -0.3 is 10.2 Å². The SMILES string of the molecule is CCCC(=O)N1CCNCC1C.Cl. The standard InChI is InChI=1S/C9H18N2O.ClH/c1-3-4-9(12)11-6-5-10-7-8(11)2;/h8,10H,3-7H2,1-2H3;1H. The van der Waals surface area contributed by atoms with Gasteiger partial charge in [-0.2, -0.15) is 0 Å². The molecule has 1 saturated heterocycles. The lowest BCUT2D eigenvalue weighted by Crippen LogP contribution is -2.52. The van der Waals surface area contributed by atoms with E-state index >= 15 is 0 Å². The highest BCUT2D eigenvalue weighted by atomic mass is 35.5. The first-order valence-electron chi connectivity index (χ1n) is 4.76. The van der Waals surface area contributed by atoms with Crippen molar-refractivity contribution in [3.05, 3.63) is 0 Å². The van der Waals surface area contributed by atoms with E-state index in [-0.39, 0.29) is 12.4 Å². The van der Waals surface area contributed by atoms with Gasteiger partial charge in [0.25, 0.3) is 0 Å². The molecule has 0 bridgehead atoms. The van der Waals surface area contributed by atoms with Crippen LogP contribution in [0.25, 0.3) is 0 Å². The minimum absolute atomic E-state index is 0. The molecule has 0 radical (unpaired) electrons. The van der Waals surface area contributed by atoms with Crippen molar-refractivity contribution in [2.45, 2.75) is 32.7 Å². The molecule has 0 aromatic carbocycles. The average Bonchev–Trinajstić information content (AvgIpc) is 2.05. The Balaban J connectivity index is 0.00000144. The van der Waals surface area contributed by atoms with Gasteiger partial charge in [0.05, 0.1) is 0 Å². The first-order valence-corrected chi connectivity index (χ1v) is 4.76. The molecule has 1 N–H and O–H groups in total. The van der Waals surface area contributed by atoms with Crippen molar-refractivity contribution in [3.8, 4) is 0 Å². The third-order valence-corrected chi connectivity index (χ3v) is 2.29. The number of carbonyl (C=O) groups excluding carboxylic acids is 1. The van der Waals surface area contributed by atoms with Crippen molar-refractivity contribution in [1.82, 2.24) is 10.2 Å². The summed E-state index contributed by atoms with van der Waals surface area (Å²) < 4.78 is 0. The third-order valence-electron chi connectivity index (χ3n) is 2.29. The van der Waals surface area contributed by atoms with Crippen molar-refractivity contribution in [2.24, 2.45) is 0 Å². The van der Waals surface area contributed by atoms with Gasteiger partial charge in [0, 0.05) is 32.1 Å². The lowest BCUT2D eigenvalue weighted by molar-refractivity contribution is -0.133. The Morgan fingerprint density at radius 2 is 2.31 bits per heavy atom. The molecule has 0 saturated carbocycles. The molecule has 1 atom stereocenters. The first-order chi connectivity index (χ1) is 5.75. The van der Waals surface area contributed by atoms with Crippen molar-refractivity contribution < 1.29 is 4.79 Å². The topological polar surface area (TPSA) is 32.3 Å². The number of hydrogen-bond donors (Lipinski definition) is 1. The van der Waals surface area contributed by atoms with Gasteiger partial charge in [0.15, 0.2) is 0 Å². The quantitative estimate of drug-likeness (QED) is 0.732. The molecule has 0 aromatic heterocycles. The molecule has 1 unspecified atom stereocenters. The van der Waals surface area contributed by atoms with Crippen molar-refractivity contribution in [3.63, 3.8) is 0 Å². The smallest absolute Gasteiger partial charge is 0.222 e. The van der Waals surface area contributed by atoms with Gasteiger partial charge >= 0.3 is 0 Å². The summed E-state index contributed by atoms with van der Waals surface area (Å²) in [4.78, 5) is 13.5. The number of amides is 1. The van der Waals surface area contributed by atoms with E-state index in [4.69, 9.17) is 0 Å². The fraction of sp³-hybridized carbons (Fsp3) is 0.889. The molecule has 4 heteroatoms. The molecule has 0 spiro atoms. The second kappa shape index (κ2) is 6.22. The number of carbonyl (C=O) groups is 1. The fourth-order valence-corrected chi connectivity index (χ4v) is 1.57. The molecular weight excluding hydrogens is 188 g/mol. The summed E-state index contributed by atoms with van der Waals surface area (Å²) in [7, 11) is 0. The Morgan fingerprint density at radius 3 is 2.85 bits per heavy atom. The van der Waals surface area contributed by atoms with Gasteiger partial charge in [0.1, 0.15) is 0 Å². The second-order valence-electron chi connectivity index (χ2n) is 3.39. The van der Waals surface area contributed by atoms with Crippen LogP contribution in [0.4, 0.5) is 0 Å². The maximum absolute atomic E-state index is 11.5. The summed E-state index contributed by atoms with van der Waals surface area (Å²) in [6.07, 6.45) is 1.65. The number of hydrogen-bond acceptors (Lipinski definition) is 2. The molecular formula is C9H19ClN2O. The van der Waals surface area contributed by atoms with Crippen LogP contribution in [-0.4, -0.2) is 36.5 Å². The number of rotatable bonds is 2. The van der Waals surface area contributed by atoms with E-state index in [9.17, 15) is 4.79 Å². The largest absolute Gasteiger partial charge is 0.337 e. The lowest BCUT2D eigenvalue weighted by atomic mass is 10.2. The maximum atomic E-state index is 11.5. The summed E-state index contributed by atoms with van der Waals surface area (Å²) in [5, 5.41) is 3.27. The summed E-state index contributed by atoms with van der Waals surface area (Å²) in [6, 6.07) is 0.373. The number of halogens is 1. The molecule has 0 aliphatic carbocycles. The van der Waals surface area contributed by atoms with Gasteiger partial charge in [-0.15, -0.1) is 12.4 Å². The zero-order chi connectivity index (χ0) is 8.97. The molecule has 1 fully saturated rings. The van der Waals surface area contributed by atoms with Gasteiger partial charge in [-0.1, -0.05) is 6.92 Å². The molecule has 13 heavy (non-hydrogen) atoms. The third kappa shape index (κ3) is 3.53. The van der Waals surface area contributed by atoms with Crippen LogP contribution >= 0.6 is 12.4 Å². The Labute approximate surface area is 86.3 Å². The monoisotopic (exact) mass is 206 g/mol. The number of nitrogens with zero attached hydrogens (tertiary/aromatic N) is 1. The summed E-state index contributed by atoms with van der Waals surface area (Å²) in [5.74, 6) is 0.312. The predicted molar refractivity (Wildman–Crippen MR) is 56.2 cm³/mol. The van der Waals surface area contributed by atoms with Crippen LogP contribution in [0.2, 0.25) is 0 Å². The Bertz CT molecular complexity index is 164. The van der Waals surface area contributed by atoms with E-state index in [0.29, 0.717) is 18.4 Å². The van der Waals surface area contributed by atoms with Crippen molar-refractivity contribution in [1.29, 1.82) is 0 Å². The second-order valence-corrected chi connectivity index (χ2v) is 3.39. The lowest BCUT2D eigenvalue weighted by Gasteiger charge is -2.34. The Kier molecular flexibility index (Phi) is 6.08. The van der Waals surface area contributed by atoms with E-state index in [1.54, 1.807) is 0 Å². The molecule has 3 nitrogen and oxygen atoms in total. The van der Waals surface area contributed by atoms with Crippen LogP contribution in [0.5, 0.6) is 0 Å². The van der Waals surface area contributed by atoms with E-state index in [1.165, 1.54) is 0 Å². The van der Waals surface area contributed by atoms with Gasteiger partial charge in [-0.25, -0.2) is 0 Å². The molecule has 1 amide bonds. The predicted octanol–water partition coefficient (Wildman–Crippen LogP) is 1.03. The van der Waals surface area contributed by atoms with Gasteiger partial charge in [0.2, 0.25) is 5.91 Å². The highest BCUT2D eigenvalue weighted by Crippen LogP contribution is 2.05. The number of nitrogens with one attached hydrogen (secondary N) is 1. The van der Waals surface area contributed by atoms with E-state index < -0.39 is 0 Å². The van der Waals surface area contributed by atoms with Crippen molar-refractivity contribution >= 4 is 18.3 Å². The van der Waals surface area contributed by atoms with E-state index in [1.807, 2.05) is 11.8 Å². The average molecular weight is 207 g/mol. The molecule has 1 heterocycles. The normalized spacial score (nSPS) is 22.3. The van der Waals surface area contributed by atoms with Crippen LogP contribution in [0.15, 0.2) is 0 Å². The zero-order valence-corrected chi connectivity index (χ0v) is 9.19. The molecule has 78 valence electrons. The zero-order valence-electron chi connectivity index (χ0n) is 8.38. The molecule has 1 aliphatic rings. The van der Waals surface area contributed by atoms with E-state index in [2.05, 4.69) is 12.2 Å². The minimum Gasteiger partial charge on any atom is -0.337 e. The first kappa shape index (κ1) is 12.7. The van der Waals surface area contributed by atoms with E-state index in [0.717, 1.165) is 26.1 Å². The highest BCUT2D eigenvalue weighted by Gasteiger charge is 2.21. The Hall–Kier alpha value is -0.280. The highest BCUT2D eigenvalue weighted by molar-refractivity contribution is 5.85. The fourth-order valence-electron chi connectivity index (χ4n) is 1.57.